The number of thioether (sulfide) groups is 1. The molecule has 0 bridgehead atoms. The standard InChI is InChI=1S/C15H12ClFN2O3S/c1-23-14-10(3-2-6-18-14)15(21)22-8-13(20)19-12-7-9(16)4-5-11(12)17/h2-7H,8H2,1H3,(H,19,20). The highest BCUT2D eigenvalue weighted by Crippen LogP contribution is 2.20. The fourth-order valence-corrected chi connectivity index (χ4v) is 2.41. The third-order valence-electron chi connectivity index (χ3n) is 2.72. The van der Waals surface area contributed by atoms with E-state index in [2.05, 4.69) is 10.3 Å². The first-order valence-corrected chi connectivity index (χ1v) is 8.02. The van der Waals surface area contributed by atoms with E-state index in [4.69, 9.17) is 16.3 Å². The minimum absolute atomic E-state index is 0.0790. The number of nitrogens with one attached hydrogen (secondary N) is 1. The number of ether oxygens (including phenoxy) is 1. The van der Waals surface area contributed by atoms with Crippen molar-refractivity contribution in [3.05, 3.63) is 52.9 Å². The first-order chi connectivity index (χ1) is 11.0. The number of carbonyl (C=O) groups excluding carboxylic acids is 2. The lowest BCUT2D eigenvalue weighted by Crippen LogP contribution is -2.21. The van der Waals surface area contributed by atoms with Crippen LogP contribution in [-0.2, 0) is 9.53 Å². The van der Waals surface area contributed by atoms with Gasteiger partial charge in [0.15, 0.2) is 6.61 Å². The van der Waals surface area contributed by atoms with Crippen LogP contribution in [0.3, 0.4) is 0 Å². The van der Waals surface area contributed by atoms with Crippen molar-refractivity contribution in [1.82, 2.24) is 4.98 Å². The van der Waals surface area contributed by atoms with Gasteiger partial charge in [0, 0.05) is 11.2 Å². The molecule has 5 nitrogen and oxygen atoms in total. The summed E-state index contributed by atoms with van der Waals surface area (Å²) in [5.41, 5.74) is 0.187. The number of pyridine rings is 1. The predicted molar refractivity (Wildman–Crippen MR) is 86.3 cm³/mol. The van der Waals surface area contributed by atoms with E-state index in [1.54, 1.807) is 24.6 Å². The number of anilines is 1. The van der Waals surface area contributed by atoms with Gasteiger partial charge in [0.2, 0.25) is 0 Å². The molecule has 1 aromatic carbocycles. The number of amides is 1. The number of hydrogen-bond acceptors (Lipinski definition) is 5. The molecule has 1 amide bonds. The molecule has 23 heavy (non-hydrogen) atoms. The third-order valence-corrected chi connectivity index (χ3v) is 3.67. The summed E-state index contributed by atoms with van der Waals surface area (Å²) < 4.78 is 18.4. The van der Waals surface area contributed by atoms with Gasteiger partial charge in [-0.1, -0.05) is 11.6 Å². The number of esters is 1. The average Bonchev–Trinajstić information content (AvgIpc) is 2.56. The van der Waals surface area contributed by atoms with Gasteiger partial charge >= 0.3 is 5.97 Å². The molecule has 0 aliphatic rings. The number of benzene rings is 1. The Balaban J connectivity index is 1.96. The van der Waals surface area contributed by atoms with Crippen LogP contribution in [0.2, 0.25) is 5.02 Å². The van der Waals surface area contributed by atoms with Gasteiger partial charge in [-0.3, -0.25) is 4.79 Å². The maximum absolute atomic E-state index is 13.5. The molecule has 2 aromatic rings. The van der Waals surface area contributed by atoms with Crippen LogP contribution in [0.1, 0.15) is 10.4 Å². The number of carbonyl (C=O) groups is 2. The normalized spacial score (nSPS) is 10.2. The summed E-state index contributed by atoms with van der Waals surface area (Å²) in [6.07, 6.45) is 3.32. The van der Waals surface area contributed by atoms with Gasteiger partial charge < -0.3 is 10.1 Å². The first kappa shape index (κ1) is 17.2. The van der Waals surface area contributed by atoms with E-state index in [9.17, 15) is 14.0 Å². The summed E-state index contributed by atoms with van der Waals surface area (Å²) in [5.74, 6) is -1.98. The summed E-state index contributed by atoms with van der Waals surface area (Å²) in [6, 6.07) is 6.90. The molecule has 8 heteroatoms. The molecular formula is C15H12ClFN2O3S. The van der Waals surface area contributed by atoms with Gasteiger partial charge in [-0.2, -0.15) is 0 Å². The maximum atomic E-state index is 13.5. The van der Waals surface area contributed by atoms with Crippen molar-refractivity contribution < 1.29 is 18.7 Å². The van der Waals surface area contributed by atoms with Crippen LogP contribution in [0.5, 0.6) is 0 Å². The largest absolute Gasteiger partial charge is 0.452 e. The van der Waals surface area contributed by atoms with Crippen LogP contribution >= 0.6 is 23.4 Å². The lowest BCUT2D eigenvalue weighted by molar-refractivity contribution is -0.119. The fraction of sp³-hybridized carbons (Fsp3) is 0.133. The van der Waals surface area contributed by atoms with E-state index in [1.165, 1.54) is 23.9 Å². The Bertz CT molecular complexity index is 742. The molecule has 1 heterocycles. The van der Waals surface area contributed by atoms with Crippen molar-refractivity contribution in [2.75, 3.05) is 18.2 Å². The predicted octanol–water partition coefficient (Wildman–Crippen LogP) is 3.39. The SMILES string of the molecule is CSc1ncccc1C(=O)OCC(=O)Nc1cc(Cl)ccc1F. The Kier molecular flexibility index (Phi) is 5.95. The second-order valence-corrected chi connectivity index (χ2v) is 5.54. The highest BCUT2D eigenvalue weighted by molar-refractivity contribution is 7.98. The molecule has 0 aliphatic heterocycles. The van der Waals surface area contributed by atoms with Gasteiger partial charge in [-0.15, -0.1) is 11.8 Å². The quantitative estimate of drug-likeness (QED) is 0.658. The van der Waals surface area contributed by atoms with E-state index in [-0.39, 0.29) is 16.3 Å². The minimum Gasteiger partial charge on any atom is -0.452 e. The highest BCUT2D eigenvalue weighted by Gasteiger charge is 2.15. The minimum atomic E-state index is -0.677. The molecule has 0 saturated carbocycles. The average molecular weight is 355 g/mol. The van der Waals surface area contributed by atoms with E-state index in [0.29, 0.717) is 5.03 Å². The molecule has 1 aromatic heterocycles. The zero-order valence-electron chi connectivity index (χ0n) is 12.0. The monoisotopic (exact) mass is 354 g/mol. The second-order valence-electron chi connectivity index (χ2n) is 4.31. The molecular weight excluding hydrogens is 343 g/mol. The van der Waals surface area contributed by atoms with Crippen molar-refractivity contribution in [1.29, 1.82) is 0 Å². The lowest BCUT2D eigenvalue weighted by Gasteiger charge is -2.09. The van der Waals surface area contributed by atoms with Crippen molar-refractivity contribution in [3.63, 3.8) is 0 Å². The van der Waals surface area contributed by atoms with Gasteiger partial charge in [0.1, 0.15) is 10.8 Å². The van der Waals surface area contributed by atoms with Gasteiger partial charge in [0.05, 0.1) is 11.3 Å². The molecule has 1 N–H and O–H groups in total. The van der Waals surface area contributed by atoms with Crippen molar-refractivity contribution in [2.24, 2.45) is 0 Å². The summed E-state index contributed by atoms with van der Waals surface area (Å²) in [5, 5.41) is 3.07. The molecule has 0 radical (unpaired) electrons. The van der Waals surface area contributed by atoms with E-state index in [1.807, 2.05) is 0 Å². The van der Waals surface area contributed by atoms with Crippen LogP contribution in [0.4, 0.5) is 10.1 Å². The van der Waals surface area contributed by atoms with Crippen molar-refractivity contribution in [2.45, 2.75) is 5.03 Å². The first-order valence-electron chi connectivity index (χ1n) is 6.42. The summed E-state index contributed by atoms with van der Waals surface area (Å²) in [4.78, 5) is 27.7. The van der Waals surface area contributed by atoms with Gasteiger partial charge in [-0.05, 0) is 36.6 Å². The van der Waals surface area contributed by atoms with Crippen molar-refractivity contribution >= 4 is 40.9 Å². The lowest BCUT2D eigenvalue weighted by atomic mass is 10.3. The Morgan fingerprint density at radius 2 is 2.17 bits per heavy atom. The highest BCUT2D eigenvalue weighted by atomic mass is 35.5. The molecule has 0 atom stereocenters. The topological polar surface area (TPSA) is 68.3 Å². The van der Waals surface area contributed by atoms with E-state index in [0.717, 1.165) is 6.07 Å². The zero-order chi connectivity index (χ0) is 16.8. The molecule has 0 spiro atoms. The van der Waals surface area contributed by atoms with Crippen LogP contribution < -0.4 is 5.32 Å². The summed E-state index contributed by atoms with van der Waals surface area (Å²) in [6.45, 7) is -0.548. The number of halogens is 2. The third kappa shape index (κ3) is 4.67. The van der Waals surface area contributed by atoms with E-state index >= 15 is 0 Å². The number of nitrogens with zero attached hydrogens (tertiary/aromatic N) is 1. The summed E-state index contributed by atoms with van der Waals surface area (Å²) >= 11 is 7.02. The molecule has 0 fully saturated rings. The van der Waals surface area contributed by atoms with Crippen LogP contribution in [0.25, 0.3) is 0 Å². The molecule has 0 aliphatic carbocycles. The van der Waals surface area contributed by atoms with Crippen molar-refractivity contribution in [3.8, 4) is 0 Å². The molecule has 120 valence electrons. The van der Waals surface area contributed by atoms with E-state index < -0.39 is 24.3 Å². The Morgan fingerprint density at radius 3 is 2.91 bits per heavy atom. The van der Waals surface area contributed by atoms with Crippen LogP contribution in [-0.4, -0.2) is 29.7 Å². The fourth-order valence-electron chi connectivity index (χ4n) is 1.70. The summed E-state index contributed by atoms with van der Waals surface area (Å²) in [7, 11) is 0. The number of hydrogen-bond donors (Lipinski definition) is 1. The van der Waals surface area contributed by atoms with Gasteiger partial charge in [-0.25, -0.2) is 14.2 Å². The number of rotatable bonds is 5. The van der Waals surface area contributed by atoms with Crippen LogP contribution in [0.15, 0.2) is 41.6 Å². The molecule has 0 saturated heterocycles. The Labute approximate surface area is 141 Å². The maximum Gasteiger partial charge on any atom is 0.341 e. The molecule has 0 unspecified atom stereocenters. The van der Waals surface area contributed by atoms with Gasteiger partial charge in [0.25, 0.3) is 5.91 Å². The smallest absolute Gasteiger partial charge is 0.341 e. The zero-order valence-corrected chi connectivity index (χ0v) is 13.6. The Morgan fingerprint density at radius 1 is 1.39 bits per heavy atom. The molecule has 2 rings (SSSR count). The van der Waals surface area contributed by atoms with Crippen LogP contribution in [0, 0.1) is 5.82 Å². The Hall–Kier alpha value is -2.12. The number of aromatic nitrogens is 1. The second kappa shape index (κ2) is 7.94.